The molecule has 0 aromatic rings. The summed E-state index contributed by atoms with van der Waals surface area (Å²) in [4.78, 5) is 2.36. The van der Waals surface area contributed by atoms with Gasteiger partial charge in [-0.1, -0.05) is 18.2 Å². The van der Waals surface area contributed by atoms with Crippen LogP contribution in [0.25, 0.3) is 0 Å². The number of hydrogen-bond donors (Lipinski definition) is 1. The third-order valence-electron chi connectivity index (χ3n) is 2.26. The summed E-state index contributed by atoms with van der Waals surface area (Å²) in [6.07, 6.45) is 1.28. The van der Waals surface area contributed by atoms with Gasteiger partial charge in [0.1, 0.15) is 0 Å². The molecule has 0 aromatic carbocycles. The Balaban J connectivity index is 2.21. The molecular formula is C9H17ClN2. The summed E-state index contributed by atoms with van der Waals surface area (Å²) in [7, 11) is 2.00. The summed E-state index contributed by atoms with van der Waals surface area (Å²) in [6, 6.07) is 0. The van der Waals surface area contributed by atoms with Crippen LogP contribution in [0.15, 0.2) is 11.6 Å². The van der Waals surface area contributed by atoms with Crippen LogP contribution >= 0.6 is 11.6 Å². The zero-order valence-corrected chi connectivity index (χ0v) is 8.40. The summed E-state index contributed by atoms with van der Waals surface area (Å²) in [5, 5.41) is 3.95. The third kappa shape index (κ3) is 3.13. The number of rotatable bonds is 4. The molecule has 1 fully saturated rings. The number of hydrogen-bond acceptors (Lipinski definition) is 2. The van der Waals surface area contributed by atoms with E-state index in [1.807, 2.05) is 7.05 Å². The first-order valence-corrected chi connectivity index (χ1v) is 4.80. The summed E-state index contributed by atoms with van der Waals surface area (Å²) < 4.78 is 0. The van der Waals surface area contributed by atoms with Crippen LogP contribution < -0.4 is 5.32 Å². The Morgan fingerprint density at radius 1 is 1.75 bits per heavy atom. The van der Waals surface area contributed by atoms with Crippen LogP contribution in [0.5, 0.6) is 0 Å². The van der Waals surface area contributed by atoms with Gasteiger partial charge in [0, 0.05) is 18.1 Å². The van der Waals surface area contributed by atoms with Gasteiger partial charge in [-0.3, -0.25) is 4.90 Å². The number of halogens is 1. The SMILES string of the molecule is C=C(Cl)CN1CCC(CNC)C1. The molecule has 0 aromatic heterocycles. The highest BCUT2D eigenvalue weighted by atomic mass is 35.5. The van der Waals surface area contributed by atoms with Crippen molar-refractivity contribution in [2.45, 2.75) is 6.42 Å². The van der Waals surface area contributed by atoms with Crippen molar-refractivity contribution in [2.24, 2.45) is 5.92 Å². The van der Waals surface area contributed by atoms with E-state index in [1.54, 1.807) is 0 Å². The number of likely N-dealkylation sites (tertiary alicyclic amines) is 1. The molecule has 12 heavy (non-hydrogen) atoms. The number of nitrogens with one attached hydrogen (secondary N) is 1. The molecule has 1 aliphatic rings. The lowest BCUT2D eigenvalue weighted by molar-refractivity contribution is 0.354. The summed E-state index contributed by atoms with van der Waals surface area (Å²) in [6.45, 7) is 7.99. The van der Waals surface area contributed by atoms with Crippen molar-refractivity contribution < 1.29 is 0 Å². The Hall–Kier alpha value is -0.0500. The smallest absolute Gasteiger partial charge is 0.0335 e. The lowest BCUT2D eigenvalue weighted by Crippen LogP contribution is -2.25. The molecule has 1 unspecified atom stereocenters. The van der Waals surface area contributed by atoms with E-state index in [1.165, 1.54) is 6.42 Å². The van der Waals surface area contributed by atoms with Gasteiger partial charge in [-0.25, -0.2) is 0 Å². The van der Waals surface area contributed by atoms with Crippen LogP contribution in [0, 0.1) is 5.92 Å². The molecule has 0 spiro atoms. The zero-order valence-electron chi connectivity index (χ0n) is 7.65. The first-order valence-electron chi connectivity index (χ1n) is 4.42. The molecule has 70 valence electrons. The lowest BCUT2D eigenvalue weighted by Gasteiger charge is -2.14. The summed E-state index contributed by atoms with van der Waals surface area (Å²) in [5.74, 6) is 0.797. The molecule has 2 nitrogen and oxygen atoms in total. The molecule has 1 heterocycles. The molecular weight excluding hydrogens is 172 g/mol. The minimum atomic E-state index is 0.750. The second-order valence-corrected chi connectivity index (χ2v) is 4.00. The van der Waals surface area contributed by atoms with E-state index in [0.717, 1.165) is 37.1 Å². The van der Waals surface area contributed by atoms with E-state index < -0.39 is 0 Å². The van der Waals surface area contributed by atoms with Crippen LogP contribution in [0.2, 0.25) is 0 Å². The van der Waals surface area contributed by atoms with E-state index >= 15 is 0 Å². The van der Waals surface area contributed by atoms with Gasteiger partial charge in [-0.15, -0.1) is 0 Å². The Bertz CT molecular complexity index is 159. The van der Waals surface area contributed by atoms with Crippen LogP contribution in [-0.2, 0) is 0 Å². The molecule has 1 atom stereocenters. The van der Waals surface area contributed by atoms with Crippen LogP contribution in [0.4, 0.5) is 0 Å². The predicted molar refractivity (Wildman–Crippen MR) is 53.5 cm³/mol. The van der Waals surface area contributed by atoms with Crippen molar-refractivity contribution >= 4 is 11.6 Å². The van der Waals surface area contributed by atoms with E-state index in [9.17, 15) is 0 Å². The van der Waals surface area contributed by atoms with Gasteiger partial charge in [-0.05, 0) is 32.5 Å². The van der Waals surface area contributed by atoms with Crippen molar-refractivity contribution in [3.8, 4) is 0 Å². The maximum Gasteiger partial charge on any atom is 0.0335 e. The lowest BCUT2D eigenvalue weighted by atomic mass is 10.1. The fourth-order valence-corrected chi connectivity index (χ4v) is 1.92. The molecule has 1 N–H and O–H groups in total. The first kappa shape index (κ1) is 10.0. The van der Waals surface area contributed by atoms with Gasteiger partial charge in [-0.2, -0.15) is 0 Å². The molecule has 0 bridgehead atoms. The average molecular weight is 189 g/mol. The van der Waals surface area contributed by atoms with Crippen LogP contribution in [0.3, 0.4) is 0 Å². The molecule has 0 radical (unpaired) electrons. The molecule has 1 saturated heterocycles. The second-order valence-electron chi connectivity index (χ2n) is 3.46. The maximum absolute atomic E-state index is 5.73. The molecule has 1 rings (SSSR count). The minimum absolute atomic E-state index is 0.750. The van der Waals surface area contributed by atoms with Crippen LogP contribution in [-0.4, -0.2) is 38.1 Å². The topological polar surface area (TPSA) is 15.3 Å². The van der Waals surface area contributed by atoms with Crippen molar-refractivity contribution in [1.29, 1.82) is 0 Å². The highest BCUT2D eigenvalue weighted by molar-refractivity contribution is 6.29. The Labute approximate surface area is 79.6 Å². The van der Waals surface area contributed by atoms with Crippen molar-refractivity contribution in [3.63, 3.8) is 0 Å². The van der Waals surface area contributed by atoms with Crippen molar-refractivity contribution in [1.82, 2.24) is 10.2 Å². The Morgan fingerprint density at radius 2 is 2.50 bits per heavy atom. The largest absolute Gasteiger partial charge is 0.319 e. The Kier molecular flexibility index (Phi) is 4.06. The molecule has 3 heteroatoms. The molecule has 0 saturated carbocycles. The highest BCUT2D eigenvalue weighted by Crippen LogP contribution is 2.16. The van der Waals surface area contributed by atoms with Crippen molar-refractivity contribution in [3.05, 3.63) is 11.6 Å². The first-order chi connectivity index (χ1) is 5.72. The third-order valence-corrected chi connectivity index (χ3v) is 2.38. The van der Waals surface area contributed by atoms with Gasteiger partial charge in [0.25, 0.3) is 0 Å². The van der Waals surface area contributed by atoms with E-state index in [0.29, 0.717) is 0 Å². The van der Waals surface area contributed by atoms with Gasteiger partial charge in [0.05, 0.1) is 0 Å². The zero-order chi connectivity index (χ0) is 8.97. The summed E-state index contributed by atoms with van der Waals surface area (Å²) in [5.41, 5.74) is 0. The fraction of sp³-hybridized carbons (Fsp3) is 0.778. The van der Waals surface area contributed by atoms with Gasteiger partial charge >= 0.3 is 0 Å². The van der Waals surface area contributed by atoms with E-state index in [-0.39, 0.29) is 0 Å². The molecule has 0 aliphatic carbocycles. The number of nitrogens with zero attached hydrogens (tertiary/aromatic N) is 1. The Morgan fingerprint density at radius 3 is 3.08 bits per heavy atom. The standard InChI is InChI=1S/C9H17ClN2/c1-8(10)6-12-4-3-9(7-12)5-11-2/h9,11H,1,3-7H2,2H3. The quantitative estimate of drug-likeness (QED) is 0.715. The molecule has 0 amide bonds. The summed E-state index contributed by atoms with van der Waals surface area (Å²) >= 11 is 5.73. The normalized spacial score (nSPS) is 24.7. The van der Waals surface area contributed by atoms with Crippen molar-refractivity contribution in [2.75, 3.05) is 33.2 Å². The van der Waals surface area contributed by atoms with Gasteiger partial charge < -0.3 is 5.32 Å². The van der Waals surface area contributed by atoms with Gasteiger partial charge in [0.15, 0.2) is 0 Å². The van der Waals surface area contributed by atoms with E-state index in [2.05, 4.69) is 16.8 Å². The highest BCUT2D eigenvalue weighted by Gasteiger charge is 2.21. The van der Waals surface area contributed by atoms with E-state index in [4.69, 9.17) is 11.6 Å². The minimum Gasteiger partial charge on any atom is -0.319 e. The predicted octanol–water partition coefficient (Wildman–Crippen LogP) is 1.28. The molecule has 1 aliphatic heterocycles. The van der Waals surface area contributed by atoms with Gasteiger partial charge in [0.2, 0.25) is 0 Å². The fourth-order valence-electron chi connectivity index (χ4n) is 1.75. The maximum atomic E-state index is 5.73. The second kappa shape index (κ2) is 4.85. The monoisotopic (exact) mass is 188 g/mol. The van der Waals surface area contributed by atoms with Crippen LogP contribution in [0.1, 0.15) is 6.42 Å². The average Bonchev–Trinajstić information content (AvgIpc) is 2.36.